The molecule has 2 aliphatic rings. The van der Waals surface area contributed by atoms with Crippen molar-refractivity contribution in [2.24, 2.45) is 0 Å². The number of nitrogens with one attached hydrogen (secondary N) is 1. The highest BCUT2D eigenvalue weighted by molar-refractivity contribution is 8.00. The number of nitrogens with zero attached hydrogens (tertiary/aromatic N) is 2. The first-order valence-corrected chi connectivity index (χ1v) is 9.02. The molecule has 8 heteroatoms. The van der Waals surface area contributed by atoms with Gasteiger partial charge in [-0.2, -0.15) is 0 Å². The maximum absolute atomic E-state index is 12.7. The molecule has 2 fully saturated rings. The van der Waals surface area contributed by atoms with Gasteiger partial charge in [0.2, 0.25) is 5.91 Å². The highest BCUT2D eigenvalue weighted by Crippen LogP contribution is 2.31. The molecule has 0 aromatic heterocycles. The summed E-state index contributed by atoms with van der Waals surface area (Å²) in [5, 5.41) is 2.94. The van der Waals surface area contributed by atoms with Crippen molar-refractivity contribution in [3.05, 3.63) is 29.3 Å². The molecule has 2 heterocycles. The van der Waals surface area contributed by atoms with Gasteiger partial charge < -0.3 is 15.1 Å². The minimum absolute atomic E-state index is 0.0175. The summed E-state index contributed by atoms with van der Waals surface area (Å²) in [6, 6.07) is 7.29. The number of amides is 3. The predicted octanol–water partition coefficient (Wildman–Crippen LogP) is 0.990. The largest absolute Gasteiger partial charge is 0.346 e. The van der Waals surface area contributed by atoms with Crippen LogP contribution in [-0.4, -0.2) is 65.0 Å². The molecular weight excluding hydrogens is 350 g/mol. The van der Waals surface area contributed by atoms with Crippen LogP contribution in [0.5, 0.6) is 0 Å². The highest BCUT2D eigenvalue weighted by Gasteiger charge is 2.39. The molecule has 2 unspecified atom stereocenters. The number of thioether (sulfide) groups is 1. The van der Waals surface area contributed by atoms with Gasteiger partial charge in [-0.05, 0) is 19.1 Å². The average molecular weight is 368 g/mol. The molecule has 2 atom stereocenters. The lowest BCUT2D eigenvalue weighted by Gasteiger charge is -2.43. The maximum atomic E-state index is 12.7. The topological polar surface area (TPSA) is 69.7 Å². The van der Waals surface area contributed by atoms with Crippen molar-refractivity contribution in [3.63, 3.8) is 0 Å². The third-order valence-electron chi connectivity index (χ3n) is 4.24. The summed E-state index contributed by atoms with van der Waals surface area (Å²) in [5.41, 5.74) is 0. The van der Waals surface area contributed by atoms with Crippen LogP contribution in [0.15, 0.2) is 29.2 Å². The first-order chi connectivity index (χ1) is 11.5. The molecule has 0 radical (unpaired) electrons. The van der Waals surface area contributed by atoms with Crippen LogP contribution in [0.4, 0.5) is 0 Å². The van der Waals surface area contributed by atoms with E-state index in [0.29, 0.717) is 31.2 Å². The second kappa shape index (κ2) is 7.03. The van der Waals surface area contributed by atoms with Crippen molar-refractivity contribution in [3.8, 4) is 0 Å². The summed E-state index contributed by atoms with van der Waals surface area (Å²) in [5.74, 6) is -1.05. The first kappa shape index (κ1) is 17.1. The van der Waals surface area contributed by atoms with Crippen LogP contribution < -0.4 is 5.32 Å². The first-order valence-electron chi connectivity index (χ1n) is 7.76. The molecular formula is C16H18ClN3O3S. The van der Waals surface area contributed by atoms with Gasteiger partial charge in [0.15, 0.2) is 0 Å². The molecule has 3 rings (SSSR count). The number of fused-ring (bicyclic) bond motifs is 1. The van der Waals surface area contributed by atoms with Gasteiger partial charge in [-0.3, -0.25) is 14.4 Å². The van der Waals surface area contributed by atoms with Crippen LogP contribution >= 0.6 is 23.4 Å². The van der Waals surface area contributed by atoms with E-state index in [4.69, 9.17) is 11.6 Å². The third-order valence-corrected chi connectivity index (χ3v) is 5.84. The zero-order valence-corrected chi connectivity index (χ0v) is 14.8. The number of carbonyl (C=O) groups excluding carboxylic acids is 3. The second-order valence-corrected chi connectivity index (χ2v) is 7.63. The van der Waals surface area contributed by atoms with Gasteiger partial charge in [-0.1, -0.05) is 23.7 Å². The zero-order valence-electron chi connectivity index (χ0n) is 13.2. The van der Waals surface area contributed by atoms with E-state index >= 15 is 0 Å². The summed E-state index contributed by atoms with van der Waals surface area (Å²) >= 11 is 7.58. The molecule has 0 saturated carbocycles. The Bertz CT molecular complexity index is 684. The quantitative estimate of drug-likeness (QED) is 0.639. The van der Waals surface area contributed by atoms with Crippen LogP contribution in [0.1, 0.15) is 6.92 Å². The van der Waals surface area contributed by atoms with Crippen molar-refractivity contribution >= 4 is 41.1 Å². The number of benzene rings is 1. The molecule has 24 heavy (non-hydrogen) atoms. The van der Waals surface area contributed by atoms with E-state index in [1.54, 1.807) is 15.9 Å². The molecule has 6 nitrogen and oxygen atoms in total. The average Bonchev–Trinajstić information content (AvgIpc) is 2.59. The fourth-order valence-electron chi connectivity index (χ4n) is 2.95. The van der Waals surface area contributed by atoms with Crippen molar-refractivity contribution in [2.45, 2.75) is 23.1 Å². The standard InChI is InChI=1S/C16H18ClN3O3S/c1-10(24-13-5-3-2-4-12(13)17)15(22)19-6-7-20-11(9-19)8-18-14(21)16(20)23/h2-5,10-11H,6-9H2,1H3,(H,18,21). The lowest BCUT2D eigenvalue weighted by Crippen LogP contribution is -2.66. The minimum Gasteiger partial charge on any atom is -0.346 e. The van der Waals surface area contributed by atoms with E-state index in [9.17, 15) is 14.4 Å². The summed E-state index contributed by atoms with van der Waals surface area (Å²) in [6.45, 7) is 3.53. The van der Waals surface area contributed by atoms with Crippen LogP contribution in [0.25, 0.3) is 0 Å². The van der Waals surface area contributed by atoms with E-state index < -0.39 is 11.8 Å². The molecule has 2 saturated heterocycles. The number of piperazine rings is 2. The summed E-state index contributed by atoms with van der Waals surface area (Å²) in [7, 11) is 0. The Hall–Kier alpha value is -1.73. The lowest BCUT2D eigenvalue weighted by molar-refractivity contribution is -0.154. The van der Waals surface area contributed by atoms with Crippen molar-refractivity contribution < 1.29 is 14.4 Å². The maximum Gasteiger partial charge on any atom is 0.312 e. The summed E-state index contributed by atoms with van der Waals surface area (Å²) in [4.78, 5) is 40.2. The molecule has 1 N–H and O–H groups in total. The molecule has 1 aromatic rings. The molecule has 0 spiro atoms. The van der Waals surface area contributed by atoms with Gasteiger partial charge in [-0.15, -0.1) is 11.8 Å². The number of halogens is 1. The minimum atomic E-state index is -0.561. The van der Waals surface area contributed by atoms with Crippen molar-refractivity contribution in [1.82, 2.24) is 15.1 Å². The van der Waals surface area contributed by atoms with E-state index in [-0.39, 0.29) is 17.2 Å². The molecule has 0 aliphatic carbocycles. The Morgan fingerprint density at radius 1 is 1.33 bits per heavy atom. The smallest absolute Gasteiger partial charge is 0.312 e. The Balaban J connectivity index is 1.63. The van der Waals surface area contributed by atoms with Crippen LogP contribution in [-0.2, 0) is 14.4 Å². The molecule has 3 amide bonds. The van der Waals surface area contributed by atoms with Gasteiger partial charge in [-0.25, -0.2) is 0 Å². The van der Waals surface area contributed by atoms with Crippen LogP contribution in [0, 0.1) is 0 Å². The molecule has 2 aliphatic heterocycles. The number of rotatable bonds is 3. The Morgan fingerprint density at radius 2 is 2.08 bits per heavy atom. The lowest BCUT2D eigenvalue weighted by atomic mass is 10.1. The predicted molar refractivity (Wildman–Crippen MR) is 91.9 cm³/mol. The van der Waals surface area contributed by atoms with Gasteiger partial charge in [0.1, 0.15) is 0 Å². The number of carbonyl (C=O) groups is 3. The van der Waals surface area contributed by atoms with Gasteiger partial charge in [0.05, 0.1) is 16.3 Å². The third kappa shape index (κ3) is 3.37. The molecule has 128 valence electrons. The SMILES string of the molecule is CC(Sc1ccccc1Cl)C(=O)N1CCN2C(=O)C(=O)NCC2C1. The monoisotopic (exact) mass is 367 g/mol. The second-order valence-electron chi connectivity index (χ2n) is 5.84. The molecule has 0 bridgehead atoms. The van der Waals surface area contributed by atoms with E-state index in [0.717, 1.165) is 4.90 Å². The van der Waals surface area contributed by atoms with Crippen molar-refractivity contribution in [1.29, 1.82) is 0 Å². The van der Waals surface area contributed by atoms with Crippen molar-refractivity contribution in [2.75, 3.05) is 26.2 Å². The van der Waals surface area contributed by atoms with Gasteiger partial charge >= 0.3 is 11.8 Å². The van der Waals surface area contributed by atoms with Crippen LogP contribution in [0.2, 0.25) is 5.02 Å². The highest BCUT2D eigenvalue weighted by atomic mass is 35.5. The zero-order chi connectivity index (χ0) is 17.3. The summed E-state index contributed by atoms with van der Waals surface area (Å²) < 4.78 is 0. The molecule has 1 aromatic carbocycles. The van der Waals surface area contributed by atoms with Crippen LogP contribution in [0.3, 0.4) is 0 Å². The Morgan fingerprint density at radius 3 is 2.83 bits per heavy atom. The van der Waals surface area contributed by atoms with E-state index in [2.05, 4.69) is 5.32 Å². The Kier molecular flexibility index (Phi) is 5.01. The number of hydrogen-bond acceptors (Lipinski definition) is 4. The fourth-order valence-corrected chi connectivity index (χ4v) is 4.19. The van der Waals surface area contributed by atoms with E-state index in [1.807, 2.05) is 25.1 Å². The Labute approximate surface area is 149 Å². The fraction of sp³-hybridized carbons (Fsp3) is 0.438. The normalized spacial score (nSPS) is 22.0. The van der Waals surface area contributed by atoms with E-state index in [1.165, 1.54) is 11.8 Å². The van der Waals surface area contributed by atoms with Gasteiger partial charge in [0.25, 0.3) is 0 Å². The van der Waals surface area contributed by atoms with Gasteiger partial charge in [0, 0.05) is 31.1 Å². The summed E-state index contributed by atoms with van der Waals surface area (Å²) in [6.07, 6.45) is 0. The number of hydrogen-bond donors (Lipinski definition) is 1.